The smallest absolute Gasteiger partial charge is 0.342 e. The lowest BCUT2D eigenvalue weighted by Crippen LogP contribution is -2.61. The van der Waals surface area contributed by atoms with Crippen molar-refractivity contribution in [2.24, 2.45) is 5.92 Å². The van der Waals surface area contributed by atoms with Crippen LogP contribution in [0.2, 0.25) is 0 Å². The maximum atomic E-state index is 11.8. The molecule has 18 heavy (non-hydrogen) atoms. The summed E-state index contributed by atoms with van der Waals surface area (Å²) in [6, 6.07) is 0. The Bertz CT molecular complexity index is 364. The second-order valence-electron chi connectivity index (χ2n) is 3.90. The minimum absolute atomic E-state index is 0.430. The van der Waals surface area contributed by atoms with Gasteiger partial charge in [0.15, 0.2) is 0 Å². The molecule has 0 fully saturated rings. The van der Waals surface area contributed by atoms with Crippen molar-refractivity contribution < 1.29 is 24.6 Å². The van der Waals surface area contributed by atoms with Crippen molar-refractivity contribution in [1.82, 2.24) is 5.32 Å². The Morgan fingerprint density at radius 2 is 1.67 bits per heavy atom. The van der Waals surface area contributed by atoms with E-state index < -0.39 is 35.7 Å². The van der Waals surface area contributed by atoms with Crippen LogP contribution in [0.5, 0.6) is 0 Å². The zero-order valence-electron chi connectivity index (χ0n) is 10.4. The molecular weight excluding hydrogens is 238 g/mol. The Balaban J connectivity index is 5.25. The van der Waals surface area contributed by atoms with Crippen molar-refractivity contribution >= 4 is 17.8 Å². The van der Waals surface area contributed by atoms with Crippen LogP contribution in [0.1, 0.15) is 33.1 Å². The molecule has 100 valence electrons. The number of aliphatic carboxylic acids is 2. The molecule has 3 N–H and O–H groups in total. The van der Waals surface area contributed by atoms with Crippen LogP contribution in [0.25, 0.3) is 0 Å². The van der Waals surface area contributed by atoms with Gasteiger partial charge in [0.05, 0.1) is 6.42 Å². The van der Waals surface area contributed by atoms with Crippen LogP contribution in [0.3, 0.4) is 0 Å². The van der Waals surface area contributed by atoms with E-state index in [0.717, 1.165) is 0 Å². The van der Waals surface area contributed by atoms with E-state index in [0.29, 0.717) is 12.8 Å². The molecule has 0 aromatic heterocycles. The average molecular weight is 255 g/mol. The number of amides is 1. The second kappa shape index (κ2) is 6.64. The topological polar surface area (TPSA) is 104 Å². The fourth-order valence-electron chi connectivity index (χ4n) is 1.52. The normalized spacial score (nSPS) is 10.8. The Labute approximate surface area is 105 Å². The Morgan fingerprint density at radius 1 is 1.22 bits per heavy atom. The molecule has 0 aromatic rings. The van der Waals surface area contributed by atoms with Gasteiger partial charge in [-0.3, -0.25) is 4.79 Å². The van der Waals surface area contributed by atoms with Gasteiger partial charge in [0, 0.05) is 5.92 Å². The summed E-state index contributed by atoms with van der Waals surface area (Å²) >= 11 is 0. The lowest BCUT2D eigenvalue weighted by molar-refractivity contribution is -0.161. The van der Waals surface area contributed by atoms with Crippen molar-refractivity contribution in [3.05, 3.63) is 0 Å². The minimum atomic E-state index is -2.45. The van der Waals surface area contributed by atoms with Gasteiger partial charge < -0.3 is 15.5 Å². The Kier molecular flexibility index (Phi) is 5.89. The highest BCUT2D eigenvalue weighted by molar-refractivity contribution is 6.06. The van der Waals surface area contributed by atoms with Crippen molar-refractivity contribution in [3.8, 4) is 12.3 Å². The van der Waals surface area contributed by atoms with Crippen LogP contribution in [0.15, 0.2) is 0 Å². The lowest BCUT2D eigenvalue weighted by atomic mass is 9.93. The summed E-state index contributed by atoms with van der Waals surface area (Å²) in [6.45, 7) is 3.52. The summed E-state index contributed by atoms with van der Waals surface area (Å²) in [7, 11) is 0. The number of nitrogens with one attached hydrogen (secondary N) is 1. The van der Waals surface area contributed by atoms with Gasteiger partial charge >= 0.3 is 11.9 Å². The predicted octanol–water partition coefficient (Wildman–Crippen LogP) is 0.470. The van der Waals surface area contributed by atoms with E-state index in [1.807, 2.05) is 5.92 Å². The fraction of sp³-hybridized carbons (Fsp3) is 0.583. The first-order valence-electron chi connectivity index (χ1n) is 5.57. The molecule has 0 radical (unpaired) electrons. The Hall–Kier alpha value is -2.03. The van der Waals surface area contributed by atoms with E-state index in [1.54, 1.807) is 13.8 Å². The largest absolute Gasteiger partial charge is 0.479 e. The van der Waals surface area contributed by atoms with Gasteiger partial charge in [-0.2, -0.15) is 0 Å². The monoisotopic (exact) mass is 255 g/mol. The van der Waals surface area contributed by atoms with Crippen molar-refractivity contribution in [1.29, 1.82) is 0 Å². The van der Waals surface area contributed by atoms with Crippen LogP contribution in [0, 0.1) is 18.3 Å². The molecule has 0 aliphatic rings. The zero-order chi connectivity index (χ0) is 14.3. The van der Waals surface area contributed by atoms with E-state index >= 15 is 0 Å². The number of carboxylic acids is 2. The second-order valence-corrected chi connectivity index (χ2v) is 3.90. The van der Waals surface area contributed by atoms with Gasteiger partial charge in [0.2, 0.25) is 11.4 Å². The maximum Gasteiger partial charge on any atom is 0.342 e. The third-order valence-corrected chi connectivity index (χ3v) is 2.79. The van der Waals surface area contributed by atoms with Crippen molar-refractivity contribution in [3.63, 3.8) is 0 Å². The molecule has 0 aliphatic heterocycles. The molecule has 0 bridgehead atoms. The first kappa shape index (κ1) is 16.0. The summed E-state index contributed by atoms with van der Waals surface area (Å²) in [5.74, 6) is -2.41. The number of hydrogen-bond acceptors (Lipinski definition) is 3. The number of hydrogen-bond donors (Lipinski definition) is 3. The standard InChI is InChI=1S/C12H17NO5/c1-4-7-12(10(15)16,11(17)18)13-9(14)8(5-2)6-3/h1,8H,5-7H2,2-3H3,(H,13,14)(H,15,16)(H,17,18). The molecule has 0 aromatic carbocycles. The van der Waals surface area contributed by atoms with Gasteiger partial charge in [-0.25, -0.2) is 9.59 Å². The molecule has 1 amide bonds. The summed E-state index contributed by atoms with van der Waals surface area (Å²) in [4.78, 5) is 34.0. The highest BCUT2D eigenvalue weighted by atomic mass is 16.4. The number of carboxylic acid groups (broad SMARTS) is 2. The van der Waals surface area contributed by atoms with Crippen molar-refractivity contribution in [2.45, 2.75) is 38.6 Å². The minimum Gasteiger partial charge on any atom is -0.479 e. The molecular formula is C12H17NO5. The number of carbonyl (C=O) groups excluding carboxylic acids is 1. The third kappa shape index (κ3) is 3.23. The first-order chi connectivity index (χ1) is 8.35. The molecule has 0 aliphatic carbocycles. The lowest BCUT2D eigenvalue weighted by Gasteiger charge is -2.26. The molecule has 6 nitrogen and oxygen atoms in total. The molecule has 0 rings (SSSR count). The van der Waals surface area contributed by atoms with Crippen LogP contribution < -0.4 is 5.32 Å². The predicted molar refractivity (Wildman–Crippen MR) is 63.7 cm³/mol. The van der Waals surface area contributed by atoms with Gasteiger partial charge in [-0.1, -0.05) is 13.8 Å². The summed E-state index contributed by atoms with van der Waals surface area (Å²) in [5.41, 5.74) is -2.45. The average Bonchev–Trinajstić information content (AvgIpc) is 2.29. The molecule has 0 atom stereocenters. The summed E-state index contributed by atoms with van der Waals surface area (Å²) in [6.07, 6.45) is 5.36. The van der Waals surface area contributed by atoms with E-state index in [2.05, 4.69) is 5.32 Å². The van der Waals surface area contributed by atoms with E-state index in [9.17, 15) is 14.4 Å². The third-order valence-electron chi connectivity index (χ3n) is 2.79. The summed E-state index contributed by atoms with van der Waals surface area (Å²) in [5, 5.41) is 20.1. The van der Waals surface area contributed by atoms with Gasteiger partial charge in [0.1, 0.15) is 0 Å². The SMILES string of the molecule is C#CCC(NC(=O)C(CC)CC)(C(=O)O)C(=O)O. The van der Waals surface area contributed by atoms with Crippen LogP contribution >= 0.6 is 0 Å². The molecule has 0 spiro atoms. The van der Waals surface area contributed by atoms with E-state index in [4.69, 9.17) is 16.6 Å². The van der Waals surface area contributed by atoms with E-state index in [1.165, 1.54) is 0 Å². The maximum absolute atomic E-state index is 11.8. The number of carbonyl (C=O) groups is 3. The highest BCUT2D eigenvalue weighted by Gasteiger charge is 2.48. The van der Waals surface area contributed by atoms with Crippen LogP contribution in [-0.2, 0) is 14.4 Å². The van der Waals surface area contributed by atoms with Crippen LogP contribution in [0.4, 0.5) is 0 Å². The van der Waals surface area contributed by atoms with E-state index in [-0.39, 0.29) is 0 Å². The number of terminal acetylenes is 1. The molecule has 0 saturated carbocycles. The number of rotatable bonds is 7. The molecule has 6 heteroatoms. The van der Waals surface area contributed by atoms with Crippen molar-refractivity contribution in [2.75, 3.05) is 0 Å². The first-order valence-corrected chi connectivity index (χ1v) is 5.57. The zero-order valence-corrected chi connectivity index (χ0v) is 10.4. The highest BCUT2D eigenvalue weighted by Crippen LogP contribution is 2.15. The van der Waals surface area contributed by atoms with Gasteiger partial charge in [-0.15, -0.1) is 12.3 Å². The van der Waals surface area contributed by atoms with Crippen LogP contribution in [-0.4, -0.2) is 33.6 Å². The quantitative estimate of drug-likeness (QED) is 0.453. The summed E-state index contributed by atoms with van der Waals surface area (Å²) < 4.78 is 0. The fourth-order valence-corrected chi connectivity index (χ4v) is 1.52. The Morgan fingerprint density at radius 3 is 1.94 bits per heavy atom. The molecule has 0 unspecified atom stereocenters. The molecule has 0 saturated heterocycles. The molecule has 0 heterocycles. The van der Waals surface area contributed by atoms with Gasteiger partial charge in [-0.05, 0) is 12.8 Å². The van der Waals surface area contributed by atoms with Gasteiger partial charge in [0.25, 0.3) is 0 Å².